The first-order chi connectivity index (χ1) is 7.40. The molecule has 1 atom stereocenters. The molecule has 1 N–H and O–H groups in total. The molecular weight excluding hydrogens is 220 g/mol. The van der Waals surface area contributed by atoms with Crippen LogP contribution < -0.4 is 9.47 Å². The van der Waals surface area contributed by atoms with E-state index in [4.69, 9.17) is 9.47 Å². The molecule has 1 aromatic rings. The third-order valence-electron chi connectivity index (χ3n) is 2.54. The number of benzene rings is 1. The molecule has 3 nitrogen and oxygen atoms in total. The molecule has 0 aliphatic heterocycles. The predicted molar refractivity (Wildman–Crippen MR) is 67.9 cm³/mol. The van der Waals surface area contributed by atoms with Crippen molar-refractivity contribution in [3.63, 3.8) is 0 Å². The molecule has 1 aromatic carbocycles. The predicted octanol–water partition coefficient (Wildman–Crippen LogP) is 2.61. The van der Waals surface area contributed by atoms with Gasteiger partial charge in [0.15, 0.2) is 11.5 Å². The fraction of sp³-hybridized carbons (Fsp3) is 0.500. The molecule has 16 heavy (non-hydrogen) atoms. The minimum atomic E-state index is -1.61. The maximum atomic E-state index is 10.2. The zero-order valence-electron chi connectivity index (χ0n) is 10.6. The lowest BCUT2D eigenvalue weighted by Gasteiger charge is -2.24. The summed E-state index contributed by atoms with van der Waals surface area (Å²) in [4.78, 5) is 0. The minimum Gasteiger partial charge on any atom is -0.493 e. The van der Waals surface area contributed by atoms with Gasteiger partial charge in [0.2, 0.25) is 0 Å². The van der Waals surface area contributed by atoms with E-state index in [1.54, 1.807) is 14.2 Å². The van der Waals surface area contributed by atoms with E-state index in [-0.39, 0.29) is 5.73 Å². The molecule has 0 aliphatic rings. The largest absolute Gasteiger partial charge is 0.493 e. The highest BCUT2D eigenvalue weighted by molar-refractivity contribution is 6.77. The summed E-state index contributed by atoms with van der Waals surface area (Å²) in [6.45, 7) is 6.40. The van der Waals surface area contributed by atoms with Crippen molar-refractivity contribution in [3.05, 3.63) is 23.8 Å². The number of ether oxygens (including phenoxy) is 2. The molecule has 0 aliphatic carbocycles. The molecular formula is C12H20O3Si. The second kappa shape index (κ2) is 4.89. The second-order valence-corrected chi connectivity index (χ2v) is 10.2. The summed E-state index contributed by atoms with van der Waals surface area (Å²) in [5.41, 5.74) is 0.518. The number of rotatable bonds is 4. The highest BCUT2D eigenvalue weighted by Gasteiger charge is 2.26. The first kappa shape index (κ1) is 13.1. The average molecular weight is 240 g/mol. The number of aliphatic hydroxyl groups excluding tert-OH is 1. The van der Waals surface area contributed by atoms with Crippen molar-refractivity contribution < 1.29 is 14.6 Å². The SMILES string of the molecule is COc1ccc([C@@H](O)[Si](C)(C)C)cc1OC. The molecule has 0 saturated heterocycles. The fourth-order valence-corrected chi connectivity index (χ4v) is 2.70. The van der Waals surface area contributed by atoms with Crippen LogP contribution in [-0.2, 0) is 0 Å². The Hall–Kier alpha value is -1.00. The van der Waals surface area contributed by atoms with Gasteiger partial charge >= 0.3 is 0 Å². The van der Waals surface area contributed by atoms with Crippen molar-refractivity contribution in [2.75, 3.05) is 14.2 Å². The molecule has 4 heteroatoms. The van der Waals surface area contributed by atoms with Crippen molar-refractivity contribution in [1.82, 2.24) is 0 Å². The first-order valence-corrected chi connectivity index (χ1v) is 8.88. The Balaban J connectivity index is 3.08. The lowest BCUT2D eigenvalue weighted by Crippen LogP contribution is -2.30. The number of hydrogen-bond acceptors (Lipinski definition) is 3. The Bertz CT molecular complexity index is 358. The van der Waals surface area contributed by atoms with Crippen molar-refractivity contribution in [2.45, 2.75) is 25.4 Å². The number of methoxy groups -OCH3 is 2. The summed E-state index contributed by atoms with van der Waals surface area (Å²) in [6, 6.07) is 5.57. The van der Waals surface area contributed by atoms with E-state index in [9.17, 15) is 5.11 Å². The Labute approximate surface area is 98.0 Å². The Kier molecular flexibility index (Phi) is 3.99. The normalized spacial score (nSPS) is 13.4. The van der Waals surface area contributed by atoms with Crippen LogP contribution in [0.5, 0.6) is 11.5 Å². The van der Waals surface area contributed by atoms with Gasteiger partial charge in [-0.05, 0) is 17.7 Å². The van der Waals surface area contributed by atoms with Gasteiger partial charge in [0, 0.05) is 0 Å². The highest BCUT2D eigenvalue weighted by atomic mass is 28.3. The summed E-state index contributed by atoms with van der Waals surface area (Å²) in [5, 5.41) is 10.2. The zero-order chi connectivity index (χ0) is 12.3. The summed E-state index contributed by atoms with van der Waals surface area (Å²) in [5.74, 6) is 1.35. The van der Waals surface area contributed by atoms with E-state index in [0.29, 0.717) is 11.5 Å². The Morgan fingerprint density at radius 3 is 2.06 bits per heavy atom. The third-order valence-corrected chi connectivity index (χ3v) is 4.52. The monoisotopic (exact) mass is 240 g/mol. The lowest BCUT2D eigenvalue weighted by molar-refractivity contribution is 0.249. The highest BCUT2D eigenvalue weighted by Crippen LogP contribution is 2.32. The van der Waals surface area contributed by atoms with Crippen LogP contribution in [0.2, 0.25) is 19.6 Å². The third kappa shape index (κ3) is 2.77. The van der Waals surface area contributed by atoms with Gasteiger partial charge in [0.1, 0.15) is 0 Å². The van der Waals surface area contributed by atoms with E-state index in [1.807, 2.05) is 18.2 Å². The molecule has 1 rings (SSSR count). The van der Waals surface area contributed by atoms with E-state index >= 15 is 0 Å². The average Bonchev–Trinajstić information content (AvgIpc) is 2.25. The van der Waals surface area contributed by atoms with E-state index < -0.39 is 8.07 Å². The summed E-state index contributed by atoms with van der Waals surface area (Å²) in [7, 11) is 1.60. The van der Waals surface area contributed by atoms with Crippen molar-refractivity contribution in [3.8, 4) is 11.5 Å². The van der Waals surface area contributed by atoms with Crippen molar-refractivity contribution in [2.24, 2.45) is 0 Å². The van der Waals surface area contributed by atoms with Gasteiger partial charge in [0.25, 0.3) is 0 Å². The summed E-state index contributed by atoms with van der Waals surface area (Å²) >= 11 is 0. The molecule has 0 heterocycles. The minimum absolute atomic E-state index is 0.382. The fourth-order valence-electron chi connectivity index (χ4n) is 1.52. The maximum Gasteiger partial charge on any atom is 0.161 e. The second-order valence-electron chi connectivity index (χ2n) is 4.88. The van der Waals surface area contributed by atoms with Crippen LogP contribution in [-0.4, -0.2) is 27.4 Å². The molecule has 0 unspecified atom stereocenters. The summed E-state index contributed by atoms with van der Waals surface area (Å²) in [6.07, 6.45) is 0. The molecule has 90 valence electrons. The van der Waals surface area contributed by atoms with Crippen molar-refractivity contribution >= 4 is 8.07 Å². The molecule has 0 saturated carbocycles. The van der Waals surface area contributed by atoms with Crippen LogP contribution in [0.4, 0.5) is 0 Å². The quantitative estimate of drug-likeness (QED) is 0.822. The Morgan fingerprint density at radius 2 is 1.62 bits per heavy atom. The zero-order valence-corrected chi connectivity index (χ0v) is 11.6. The van der Waals surface area contributed by atoms with Crippen LogP contribution in [0, 0.1) is 0 Å². The van der Waals surface area contributed by atoms with Gasteiger partial charge in [-0.2, -0.15) is 0 Å². The van der Waals surface area contributed by atoms with Crippen LogP contribution in [0.15, 0.2) is 18.2 Å². The van der Waals surface area contributed by atoms with Gasteiger partial charge in [-0.3, -0.25) is 0 Å². The van der Waals surface area contributed by atoms with E-state index in [2.05, 4.69) is 19.6 Å². The topological polar surface area (TPSA) is 38.7 Å². The van der Waals surface area contributed by atoms with Gasteiger partial charge in [-0.25, -0.2) is 0 Å². The maximum absolute atomic E-state index is 10.2. The van der Waals surface area contributed by atoms with Crippen LogP contribution >= 0.6 is 0 Å². The number of aliphatic hydroxyl groups is 1. The molecule has 0 spiro atoms. The molecule has 0 aromatic heterocycles. The molecule has 0 radical (unpaired) electrons. The molecule has 0 bridgehead atoms. The van der Waals surface area contributed by atoms with Crippen LogP contribution in [0.3, 0.4) is 0 Å². The molecule has 0 fully saturated rings. The van der Waals surface area contributed by atoms with E-state index in [0.717, 1.165) is 5.56 Å². The van der Waals surface area contributed by atoms with Gasteiger partial charge < -0.3 is 14.6 Å². The molecule has 0 amide bonds. The van der Waals surface area contributed by atoms with Gasteiger partial charge in [-0.1, -0.05) is 25.7 Å². The van der Waals surface area contributed by atoms with Crippen molar-refractivity contribution in [1.29, 1.82) is 0 Å². The van der Waals surface area contributed by atoms with E-state index in [1.165, 1.54) is 0 Å². The van der Waals surface area contributed by atoms with Crippen LogP contribution in [0.1, 0.15) is 11.3 Å². The first-order valence-electron chi connectivity index (χ1n) is 5.30. The van der Waals surface area contributed by atoms with Gasteiger partial charge in [0.05, 0.1) is 28.0 Å². The smallest absolute Gasteiger partial charge is 0.161 e. The lowest BCUT2D eigenvalue weighted by atomic mass is 10.2. The summed E-state index contributed by atoms with van der Waals surface area (Å²) < 4.78 is 10.4. The van der Waals surface area contributed by atoms with Gasteiger partial charge in [-0.15, -0.1) is 0 Å². The van der Waals surface area contributed by atoms with Crippen LogP contribution in [0.25, 0.3) is 0 Å². The standard InChI is InChI=1S/C12H20O3Si/c1-14-10-7-6-9(8-11(10)15-2)12(13)16(3,4)5/h6-8,12-13H,1-5H3/t12-/m0/s1. The Morgan fingerprint density at radius 1 is 1.06 bits per heavy atom. The number of hydrogen-bond donors (Lipinski definition) is 1.